The zero-order valence-electron chi connectivity index (χ0n) is 15.0. The summed E-state index contributed by atoms with van der Waals surface area (Å²) < 4.78 is 6.92. The van der Waals surface area contributed by atoms with Crippen molar-refractivity contribution < 1.29 is 9.53 Å². The fourth-order valence-corrected chi connectivity index (χ4v) is 2.95. The van der Waals surface area contributed by atoms with Crippen molar-refractivity contribution in [2.45, 2.75) is 34.2 Å². The summed E-state index contributed by atoms with van der Waals surface area (Å²) in [5, 5.41) is 7.22. The van der Waals surface area contributed by atoms with Crippen molar-refractivity contribution in [1.82, 2.24) is 19.9 Å². The Balaban J connectivity index is 1.76. The van der Waals surface area contributed by atoms with Crippen LogP contribution in [0.4, 0.5) is 0 Å². The molecular weight excluding hydrogens is 316 g/mol. The average Bonchev–Trinajstić information content (AvgIpc) is 2.97. The zero-order valence-corrected chi connectivity index (χ0v) is 15.0. The van der Waals surface area contributed by atoms with E-state index >= 15 is 0 Å². The summed E-state index contributed by atoms with van der Waals surface area (Å²) in [5.74, 6) is 0.285. The van der Waals surface area contributed by atoms with E-state index in [4.69, 9.17) is 4.74 Å². The third kappa shape index (κ3) is 3.63. The molecule has 3 rings (SSSR count). The molecule has 130 valence electrons. The number of nitrogens with zero attached hydrogens (tertiary/aromatic N) is 3. The van der Waals surface area contributed by atoms with Gasteiger partial charge in [-0.2, -0.15) is 0 Å². The first-order valence-corrected chi connectivity index (χ1v) is 8.32. The minimum absolute atomic E-state index is 0.220. The van der Waals surface area contributed by atoms with E-state index in [9.17, 15) is 4.79 Å². The molecule has 0 bridgehead atoms. The SMILES string of the molecule is CCOc1ccc2nc(C(=O)NCc3c(C)cc(C)cc3C)cn2n1. The molecule has 25 heavy (non-hydrogen) atoms. The van der Waals surface area contributed by atoms with E-state index in [0.29, 0.717) is 30.4 Å². The van der Waals surface area contributed by atoms with E-state index in [2.05, 4.69) is 48.3 Å². The molecule has 0 aliphatic rings. The lowest BCUT2D eigenvalue weighted by Crippen LogP contribution is -2.24. The van der Waals surface area contributed by atoms with Gasteiger partial charge in [-0.05, 0) is 50.5 Å². The number of benzene rings is 1. The Kier molecular flexibility index (Phi) is 4.70. The van der Waals surface area contributed by atoms with Crippen LogP contribution < -0.4 is 10.1 Å². The van der Waals surface area contributed by atoms with Crippen LogP contribution in [0.15, 0.2) is 30.5 Å². The molecular formula is C19H22N4O2. The maximum atomic E-state index is 12.4. The zero-order chi connectivity index (χ0) is 18.0. The lowest BCUT2D eigenvalue weighted by Gasteiger charge is -2.11. The van der Waals surface area contributed by atoms with Crippen molar-refractivity contribution in [3.8, 4) is 5.88 Å². The van der Waals surface area contributed by atoms with Gasteiger partial charge in [0.25, 0.3) is 5.91 Å². The molecule has 0 fully saturated rings. The molecule has 1 aromatic carbocycles. The largest absolute Gasteiger partial charge is 0.477 e. The quantitative estimate of drug-likeness (QED) is 0.776. The van der Waals surface area contributed by atoms with Crippen LogP contribution in [0.3, 0.4) is 0 Å². The number of hydrogen-bond donors (Lipinski definition) is 1. The van der Waals surface area contributed by atoms with E-state index in [-0.39, 0.29) is 5.91 Å². The number of rotatable bonds is 5. The first-order valence-electron chi connectivity index (χ1n) is 8.32. The van der Waals surface area contributed by atoms with Gasteiger partial charge >= 0.3 is 0 Å². The summed E-state index contributed by atoms with van der Waals surface area (Å²) in [5.41, 5.74) is 5.66. The third-order valence-corrected chi connectivity index (χ3v) is 4.09. The fraction of sp³-hybridized carbons (Fsp3) is 0.316. The minimum atomic E-state index is -0.220. The Morgan fingerprint density at radius 3 is 2.60 bits per heavy atom. The number of aromatic nitrogens is 3. The van der Waals surface area contributed by atoms with Crippen molar-refractivity contribution in [2.24, 2.45) is 0 Å². The van der Waals surface area contributed by atoms with Gasteiger partial charge in [0.1, 0.15) is 5.69 Å². The molecule has 0 aliphatic heterocycles. The molecule has 6 heteroatoms. The van der Waals surface area contributed by atoms with Crippen LogP contribution in [-0.2, 0) is 6.54 Å². The van der Waals surface area contributed by atoms with E-state index in [1.165, 1.54) is 16.7 Å². The van der Waals surface area contributed by atoms with Gasteiger partial charge in [0.05, 0.1) is 12.8 Å². The van der Waals surface area contributed by atoms with Crippen molar-refractivity contribution in [2.75, 3.05) is 6.61 Å². The standard InChI is InChI=1S/C19H22N4O2/c1-5-25-18-7-6-17-21-16(11-23(17)22-18)19(24)20-10-15-13(3)8-12(2)9-14(15)4/h6-9,11H,5,10H2,1-4H3,(H,20,24). The van der Waals surface area contributed by atoms with Gasteiger partial charge in [0, 0.05) is 12.6 Å². The Labute approximate surface area is 146 Å². The predicted molar refractivity (Wildman–Crippen MR) is 96.0 cm³/mol. The van der Waals surface area contributed by atoms with Crippen molar-refractivity contribution >= 4 is 11.6 Å². The number of ether oxygens (including phenoxy) is 1. The Morgan fingerprint density at radius 2 is 1.92 bits per heavy atom. The van der Waals surface area contributed by atoms with Crippen LogP contribution in [0.2, 0.25) is 0 Å². The highest BCUT2D eigenvalue weighted by molar-refractivity contribution is 5.92. The Hall–Kier alpha value is -2.89. The van der Waals surface area contributed by atoms with Gasteiger partial charge in [-0.15, -0.1) is 5.10 Å². The molecule has 0 saturated carbocycles. The monoisotopic (exact) mass is 338 g/mol. The van der Waals surface area contributed by atoms with E-state index in [1.54, 1.807) is 22.8 Å². The van der Waals surface area contributed by atoms with Gasteiger partial charge in [0.2, 0.25) is 5.88 Å². The van der Waals surface area contributed by atoms with Gasteiger partial charge < -0.3 is 10.1 Å². The number of amides is 1. The summed E-state index contributed by atoms with van der Waals surface area (Å²) in [6.07, 6.45) is 1.61. The molecule has 0 atom stereocenters. The van der Waals surface area contributed by atoms with Gasteiger partial charge in [-0.1, -0.05) is 17.7 Å². The maximum Gasteiger partial charge on any atom is 0.271 e. The van der Waals surface area contributed by atoms with Crippen LogP contribution in [0.25, 0.3) is 5.65 Å². The van der Waals surface area contributed by atoms with Crippen molar-refractivity contribution in [3.63, 3.8) is 0 Å². The van der Waals surface area contributed by atoms with Crippen molar-refractivity contribution in [1.29, 1.82) is 0 Å². The molecule has 0 saturated heterocycles. The molecule has 0 spiro atoms. The van der Waals surface area contributed by atoms with Crippen LogP contribution in [0, 0.1) is 20.8 Å². The number of fused-ring (bicyclic) bond motifs is 1. The summed E-state index contributed by atoms with van der Waals surface area (Å²) in [4.78, 5) is 16.8. The minimum Gasteiger partial charge on any atom is -0.477 e. The van der Waals surface area contributed by atoms with Gasteiger partial charge in [-0.3, -0.25) is 4.79 Å². The average molecular weight is 338 g/mol. The van der Waals surface area contributed by atoms with E-state index in [0.717, 1.165) is 5.56 Å². The number of imidazole rings is 1. The number of aryl methyl sites for hydroxylation is 3. The van der Waals surface area contributed by atoms with Crippen LogP contribution >= 0.6 is 0 Å². The second-order valence-electron chi connectivity index (χ2n) is 6.09. The normalized spacial score (nSPS) is 10.9. The summed E-state index contributed by atoms with van der Waals surface area (Å²) >= 11 is 0. The van der Waals surface area contributed by atoms with Crippen LogP contribution in [-0.4, -0.2) is 27.1 Å². The summed E-state index contributed by atoms with van der Waals surface area (Å²) in [6.45, 7) is 9.10. The van der Waals surface area contributed by atoms with Crippen molar-refractivity contribution in [3.05, 3.63) is 58.4 Å². The first kappa shape index (κ1) is 17.0. The smallest absolute Gasteiger partial charge is 0.271 e. The third-order valence-electron chi connectivity index (χ3n) is 4.09. The maximum absolute atomic E-state index is 12.4. The highest BCUT2D eigenvalue weighted by Gasteiger charge is 2.13. The first-order chi connectivity index (χ1) is 12.0. The number of carbonyl (C=O) groups excluding carboxylic acids is 1. The molecule has 3 aromatic rings. The molecule has 1 amide bonds. The highest BCUT2D eigenvalue weighted by atomic mass is 16.5. The lowest BCUT2D eigenvalue weighted by atomic mass is 10.00. The second-order valence-corrected chi connectivity index (χ2v) is 6.09. The second kappa shape index (κ2) is 6.93. The number of hydrogen-bond acceptors (Lipinski definition) is 4. The summed E-state index contributed by atoms with van der Waals surface area (Å²) in [7, 11) is 0. The topological polar surface area (TPSA) is 68.5 Å². The molecule has 2 heterocycles. The molecule has 0 unspecified atom stereocenters. The molecule has 6 nitrogen and oxygen atoms in total. The highest BCUT2D eigenvalue weighted by Crippen LogP contribution is 2.16. The van der Waals surface area contributed by atoms with E-state index in [1.807, 2.05) is 6.92 Å². The Bertz CT molecular complexity index is 907. The predicted octanol–water partition coefficient (Wildman–Crippen LogP) is 2.98. The number of nitrogens with one attached hydrogen (secondary N) is 1. The van der Waals surface area contributed by atoms with Crippen LogP contribution in [0.5, 0.6) is 5.88 Å². The van der Waals surface area contributed by atoms with E-state index < -0.39 is 0 Å². The summed E-state index contributed by atoms with van der Waals surface area (Å²) in [6, 6.07) is 7.77. The fourth-order valence-electron chi connectivity index (χ4n) is 2.95. The lowest BCUT2D eigenvalue weighted by molar-refractivity contribution is 0.0946. The molecule has 1 N–H and O–H groups in total. The molecule has 2 aromatic heterocycles. The Morgan fingerprint density at radius 1 is 1.20 bits per heavy atom. The van der Waals surface area contributed by atoms with Crippen LogP contribution in [0.1, 0.15) is 39.7 Å². The molecule has 0 radical (unpaired) electrons. The van der Waals surface area contributed by atoms with Gasteiger partial charge in [0.15, 0.2) is 5.65 Å². The van der Waals surface area contributed by atoms with Gasteiger partial charge in [-0.25, -0.2) is 9.50 Å². The number of carbonyl (C=O) groups is 1. The molecule has 0 aliphatic carbocycles.